The lowest BCUT2D eigenvalue weighted by molar-refractivity contribution is -0.144. The number of carbonyl (C=O) groups excluding carboxylic acids is 2. The van der Waals surface area contributed by atoms with Crippen LogP contribution >= 0.6 is 0 Å². The fourth-order valence-electron chi connectivity index (χ4n) is 2.84. The van der Waals surface area contributed by atoms with Crippen molar-refractivity contribution in [2.24, 2.45) is 0 Å². The van der Waals surface area contributed by atoms with E-state index in [1.54, 1.807) is 18.2 Å². The summed E-state index contributed by atoms with van der Waals surface area (Å²) >= 11 is 0. The molecule has 3 N–H and O–H groups in total. The van der Waals surface area contributed by atoms with Crippen LogP contribution in [-0.4, -0.2) is 49.1 Å². The van der Waals surface area contributed by atoms with Crippen LogP contribution in [0.25, 0.3) is 11.0 Å². The molecular weight excluding hydrogens is 472 g/mol. The molecule has 2 heterocycles. The Labute approximate surface area is 187 Å². The second-order valence-electron chi connectivity index (χ2n) is 7.30. The zero-order chi connectivity index (χ0) is 24.9. The fraction of sp³-hybridized carbons (Fsp3) is 0.421. The Morgan fingerprint density at radius 3 is 2.44 bits per heavy atom. The van der Waals surface area contributed by atoms with Crippen molar-refractivity contribution in [1.29, 1.82) is 0 Å². The first-order chi connectivity index (χ1) is 15.9. The van der Waals surface area contributed by atoms with Crippen molar-refractivity contribution in [3.8, 4) is 0 Å². The molecule has 0 aliphatic rings. The van der Waals surface area contributed by atoms with Crippen LogP contribution in [0, 0.1) is 0 Å². The van der Waals surface area contributed by atoms with E-state index in [1.165, 1.54) is 0 Å². The highest BCUT2D eigenvalue weighted by Crippen LogP contribution is 2.21. The van der Waals surface area contributed by atoms with E-state index >= 15 is 0 Å². The number of halogens is 6. The number of carbonyl (C=O) groups is 2. The van der Waals surface area contributed by atoms with Gasteiger partial charge >= 0.3 is 12.4 Å². The predicted molar refractivity (Wildman–Crippen MR) is 105 cm³/mol. The van der Waals surface area contributed by atoms with Crippen LogP contribution in [0.1, 0.15) is 41.1 Å². The number of aryl methyl sites for hydroxylation is 1. The molecule has 0 fully saturated rings. The molecule has 0 unspecified atom stereocenters. The van der Waals surface area contributed by atoms with Gasteiger partial charge in [0.2, 0.25) is 5.91 Å². The third kappa shape index (κ3) is 7.74. The Balaban J connectivity index is 1.51. The summed E-state index contributed by atoms with van der Waals surface area (Å²) in [6, 6.07) is 4.94. The minimum Gasteiger partial charge on any atom is -0.352 e. The zero-order valence-corrected chi connectivity index (χ0v) is 17.4. The highest BCUT2D eigenvalue weighted by Gasteiger charge is 2.28. The molecule has 0 radical (unpaired) electrons. The molecule has 34 heavy (non-hydrogen) atoms. The molecular formula is C19H19F6N7O2. The van der Waals surface area contributed by atoms with Gasteiger partial charge in [0.1, 0.15) is 5.82 Å². The minimum atomic E-state index is -4.40. The van der Waals surface area contributed by atoms with E-state index < -0.39 is 50.0 Å². The molecule has 15 heteroatoms. The molecule has 9 nitrogen and oxygen atoms in total. The number of hydrogen-bond donors (Lipinski definition) is 3. The number of amides is 2. The van der Waals surface area contributed by atoms with Gasteiger partial charge < -0.3 is 15.6 Å². The van der Waals surface area contributed by atoms with Crippen LogP contribution in [-0.2, 0) is 24.4 Å². The molecule has 184 valence electrons. The average Bonchev–Trinajstić information content (AvgIpc) is 3.38. The summed E-state index contributed by atoms with van der Waals surface area (Å²) in [6.07, 6.45) is -10.7. The summed E-state index contributed by atoms with van der Waals surface area (Å²) < 4.78 is 73.3. The molecule has 0 aliphatic carbocycles. The minimum absolute atomic E-state index is 0.0295. The van der Waals surface area contributed by atoms with Crippen LogP contribution in [0.5, 0.6) is 0 Å². The summed E-state index contributed by atoms with van der Waals surface area (Å²) in [6.45, 7) is -0.514. The predicted octanol–water partition coefficient (Wildman–Crippen LogP) is 3.00. The van der Waals surface area contributed by atoms with Crippen molar-refractivity contribution in [3.63, 3.8) is 0 Å². The van der Waals surface area contributed by atoms with Gasteiger partial charge in [-0.1, -0.05) is 6.07 Å². The third-order valence-corrected chi connectivity index (χ3v) is 4.50. The second-order valence-corrected chi connectivity index (χ2v) is 7.30. The number of hydrogen-bond acceptors (Lipinski definition) is 5. The maximum absolute atomic E-state index is 12.3. The van der Waals surface area contributed by atoms with Gasteiger partial charge in [0.15, 0.2) is 5.69 Å². The van der Waals surface area contributed by atoms with E-state index in [0.29, 0.717) is 22.4 Å². The van der Waals surface area contributed by atoms with Gasteiger partial charge in [-0.05, 0) is 17.7 Å². The highest BCUT2D eigenvalue weighted by atomic mass is 19.4. The maximum Gasteiger partial charge on any atom is 0.390 e. The van der Waals surface area contributed by atoms with Crippen molar-refractivity contribution >= 4 is 22.8 Å². The highest BCUT2D eigenvalue weighted by molar-refractivity contribution is 5.91. The summed E-state index contributed by atoms with van der Waals surface area (Å²) in [5.74, 6) is -0.999. The number of rotatable bonds is 9. The van der Waals surface area contributed by atoms with Crippen molar-refractivity contribution in [1.82, 2.24) is 35.6 Å². The summed E-state index contributed by atoms with van der Waals surface area (Å²) in [5, 5.41) is 12.3. The SMILES string of the molecule is O=C(CCC(F)(F)F)NCc1ccc2nc(CNC(=O)c3cnn(CCC(F)(F)F)n3)[nH]c2c1. The van der Waals surface area contributed by atoms with E-state index in [4.69, 9.17) is 0 Å². The number of aromatic amines is 1. The van der Waals surface area contributed by atoms with E-state index in [2.05, 4.69) is 30.8 Å². The van der Waals surface area contributed by atoms with Gasteiger partial charge in [-0.25, -0.2) is 4.98 Å². The molecule has 3 aromatic rings. The number of fused-ring (bicyclic) bond motifs is 1. The van der Waals surface area contributed by atoms with Crippen LogP contribution in [0.15, 0.2) is 24.4 Å². The molecule has 2 amide bonds. The number of H-pyrrole nitrogens is 1. The lowest BCUT2D eigenvalue weighted by Crippen LogP contribution is -2.24. The topological polar surface area (TPSA) is 118 Å². The Hall–Kier alpha value is -3.65. The van der Waals surface area contributed by atoms with E-state index in [-0.39, 0.29) is 18.8 Å². The van der Waals surface area contributed by atoms with E-state index in [9.17, 15) is 35.9 Å². The first-order valence-corrected chi connectivity index (χ1v) is 9.94. The molecule has 0 saturated heterocycles. The molecule has 3 rings (SSSR count). The Morgan fingerprint density at radius 1 is 1.00 bits per heavy atom. The van der Waals surface area contributed by atoms with Gasteiger partial charge in [0.05, 0.1) is 43.2 Å². The number of aromatic nitrogens is 5. The summed E-state index contributed by atoms with van der Waals surface area (Å²) in [4.78, 5) is 31.7. The number of nitrogens with one attached hydrogen (secondary N) is 3. The molecule has 0 bridgehead atoms. The smallest absolute Gasteiger partial charge is 0.352 e. The van der Waals surface area contributed by atoms with Crippen LogP contribution in [0.2, 0.25) is 0 Å². The maximum atomic E-state index is 12.3. The Kier molecular flexibility index (Phi) is 7.41. The standard InChI is InChI=1S/C19H19F6N7O2/c20-18(21,22)4-3-16(33)26-8-11-1-2-12-13(7-11)30-15(29-12)10-27-17(34)14-9-28-32(31-14)6-5-19(23,24)25/h1-2,7,9H,3-6,8,10H2,(H,26,33)(H,27,34)(H,29,30). The Morgan fingerprint density at radius 2 is 1.74 bits per heavy atom. The van der Waals surface area contributed by atoms with Crippen molar-refractivity contribution in [2.75, 3.05) is 0 Å². The fourth-order valence-corrected chi connectivity index (χ4v) is 2.84. The number of nitrogens with zero attached hydrogens (tertiary/aromatic N) is 4. The first-order valence-electron chi connectivity index (χ1n) is 9.94. The van der Waals surface area contributed by atoms with Gasteiger partial charge in [0.25, 0.3) is 5.91 Å². The second kappa shape index (κ2) is 10.1. The van der Waals surface area contributed by atoms with Crippen molar-refractivity contribution in [3.05, 3.63) is 41.5 Å². The summed E-state index contributed by atoms with van der Waals surface area (Å²) in [7, 11) is 0. The lowest BCUT2D eigenvalue weighted by atomic mass is 10.2. The Bertz CT molecular complexity index is 1150. The number of alkyl halides is 6. The number of imidazole rings is 1. The van der Waals surface area contributed by atoms with Gasteiger partial charge in [0, 0.05) is 13.0 Å². The van der Waals surface area contributed by atoms with Gasteiger partial charge in [-0.2, -0.15) is 36.2 Å². The molecule has 0 atom stereocenters. The largest absolute Gasteiger partial charge is 0.390 e. The van der Waals surface area contributed by atoms with E-state index in [0.717, 1.165) is 11.0 Å². The summed E-state index contributed by atoms with van der Waals surface area (Å²) in [5.41, 5.74) is 1.60. The monoisotopic (exact) mass is 491 g/mol. The lowest BCUT2D eigenvalue weighted by Gasteiger charge is -2.07. The molecule has 0 saturated carbocycles. The van der Waals surface area contributed by atoms with Gasteiger partial charge in [-0.15, -0.1) is 5.10 Å². The van der Waals surface area contributed by atoms with Gasteiger partial charge in [-0.3, -0.25) is 9.59 Å². The molecule has 0 spiro atoms. The third-order valence-electron chi connectivity index (χ3n) is 4.50. The van der Waals surface area contributed by atoms with Crippen LogP contribution in [0.3, 0.4) is 0 Å². The van der Waals surface area contributed by atoms with Crippen molar-refractivity contribution in [2.45, 2.75) is 51.2 Å². The van der Waals surface area contributed by atoms with Crippen molar-refractivity contribution < 1.29 is 35.9 Å². The number of benzene rings is 1. The zero-order valence-electron chi connectivity index (χ0n) is 17.4. The quantitative estimate of drug-likeness (QED) is 0.398. The van der Waals surface area contributed by atoms with Crippen LogP contribution in [0.4, 0.5) is 26.3 Å². The molecule has 1 aromatic carbocycles. The van der Waals surface area contributed by atoms with Crippen LogP contribution < -0.4 is 10.6 Å². The molecule has 0 aliphatic heterocycles. The van der Waals surface area contributed by atoms with E-state index in [1.807, 2.05) is 0 Å². The first kappa shape index (κ1) is 25.0. The average molecular weight is 491 g/mol. The molecule has 2 aromatic heterocycles. The normalized spacial score (nSPS) is 12.2.